The molecule has 0 aliphatic carbocycles. The summed E-state index contributed by atoms with van der Waals surface area (Å²) in [6, 6.07) is 0. The van der Waals surface area contributed by atoms with Gasteiger partial charge in [0.25, 0.3) is 0 Å². The van der Waals surface area contributed by atoms with Gasteiger partial charge in [0.1, 0.15) is 0 Å². The van der Waals surface area contributed by atoms with Crippen LogP contribution in [0.15, 0.2) is 12.2 Å². The number of hydrogen-bond donors (Lipinski definition) is 1. The van der Waals surface area contributed by atoms with E-state index < -0.39 is 0 Å². The molecule has 1 saturated heterocycles. The highest BCUT2D eigenvalue weighted by Gasteiger charge is 2.36. The second-order valence-corrected chi connectivity index (χ2v) is 3.81. The largest absolute Gasteiger partial charge is 0.466 e. The molecule has 1 N–H and O–H groups in total. The second-order valence-electron chi connectivity index (χ2n) is 3.81. The van der Waals surface area contributed by atoms with E-state index in [-0.39, 0.29) is 30.1 Å². The van der Waals surface area contributed by atoms with Gasteiger partial charge < -0.3 is 10.1 Å². The van der Waals surface area contributed by atoms with Crippen molar-refractivity contribution in [3.8, 4) is 0 Å². The maximum absolute atomic E-state index is 11.5. The standard InChI is InChI=1S/C11H17NO3/c1-4-15-10(13)5-8-9(7(2)3)6-12-11(8)14/h8-9H,2,4-6H2,1,3H3,(H,12,14)/t8-,9+/m0/s1. The maximum atomic E-state index is 11.5. The molecule has 4 nitrogen and oxygen atoms in total. The number of carbonyl (C=O) groups excluding carboxylic acids is 2. The zero-order valence-electron chi connectivity index (χ0n) is 9.21. The van der Waals surface area contributed by atoms with Gasteiger partial charge in [0.2, 0.25) is 5.91 Å². The van der Waals surface area contributed by atoms with Crippen LogP contribution in [0.4, 0.5) is 0 Å². The molecule has 84 valence electrons. The topological polar surface area (TPSA) is 55.4 Å². The lowest BCUT2D eigenvalue weighted by Gasteiger charge is -2.15. The normalized spacial score (nSPS) is 24.8. The molecule has 0 aromatic heterocycles. The Labute approximate surface area is 89.7 Å². The van der Waals surface area contributed by atoms with Crippen LogP contribution < -0.4 is 5.32 Å². The summed E-state index contributed by atoms with van der Waals surface area (Å²) in [6.45, 7) is 8.40. The molecule has 1 amide bonds. The first-order chi connectivity index (χ1) is 7.06. The van der Waals surface area contributed by atoms with Crippen molar-refractivity contribution in [2.75, 3.05) is 13.2 Å². The van der Waals surface area contributed by atoms with E-state index in [0.29, 0.717) is 13.2 Å². The molecule has 4 heteroatoms. The van der Waals surface area contributed by atoms with Gasteiger partial charge in [-0.05, 0) is 13.8 Å². The Morgan fingerprint density at radius 2 is 2.33 bits per heavy atom. The lowest BCUT2D eigenvalue weighted by atomic mass is 9.87. The van der Waals surface area contributed by atoms with Crippen molar-refractivity contribution in [1.82, 2.24) is 5.32 Å². The molecule has 0 aromatic carbocycles. The van der Waals surface area contributed by atoms with Crippen LogP contribution in [0.2, 0.25) is 0 Å². The van der Waals surface area contributed by atoms with Gasteiger partial charge in [-0.3, -0.25) is 9.59 Å². The third kappa shape index (κ3) is 2.81. The van der Waals surface area contributed by atoms with E-state index in [0.717, 1.165) is 5.57 Å². The van der Waals surface area contributed by atoms with Crippen LogP contribution in [0.3, 0.4) is 0 Å². The van der Waals surface area contributed by atoms with Crippen molar-refractivity contribution >= 4 is 11.9 Å². The van der Waals surface area contributed by atoms with Gasteiger partial charge in [-0.2, -0.15) is 0 Å². The van der Waals surface area contributed by atoms with Gasteiger partial charge in [-0.15, -0.1) is 0 Å². The number of amides is 1. The van der Waals surface area contributed by atoms with Gasteiger partial charge in [-0.1, -0.05) is 12.2 Å². The summed E-state index contributed by atoms with van der Waals surface area (Å²) in [5.74, 6) is -0.634. The molecular weight excluding hydrogens is 194 g/mol. The van der Waals surface area contributed by atoms with E-state index in [2.05, 4.69) is 11.9 Å². The fraction of sp³-hybridized carbons (Fsp3) is 0.636. The third-order valence-electron chi connectivity index (χ3n) is 2.64. The predicted molar refractivity (Wildman–Crippen MR) is 56.1 cm³/mol. The Morgan fingerprint density at radius 3 is 2.87 bits per heavy atom. The average molecular weight is 211 g/mol. The molecule has 0 aromatic rings. The summed E-state index contributed by atoms with van der Waals surface area (Å²) in [4.78, 5) is 22.7. The van der Waals surface area contributed by atoms with Crippen molar-refractivity contribution in [2.24, 2.45) is 11.8 Å². The van der Waals surface area contributed by atoms with Crippen molar-refractivity contribution < 1.29 is 14.3 Å². The summed E-state index contributed by atoms with van der Waals surface area (Å²) < 4.78 is 4.83. The zero-order chi connectivity index (χ0) is 11.4. The van der Waals surface area contributed by atoms with Crippen molar-refractivity contribution in [1.29, 1.82) is 0 Å². The molecule has 0 radical (unpaired) electrons. The van der Waals surface area contributed by atoms with Crippen LogP contribution in [0, 0.1) is 11.8 Å². The molecule has 1 aliphatic heterocycles. The minimum absolute atomic E-state index is 0.0573. The average Bonchev–Trinajstić information content (AvgIpc) is 2.48. The summed E-state index contributed by atoms with van der Waals surface area (Å²) >= 11 is 0. The first-order valence-electron chi connectivity index (χ1n) is 5.15. The fourth-order valence-corrected chi connectivity index (χ4v) is 1.82. The number of ether oxygens (including phenoxy) is 1. The number of carbonyl (C=O) groups is 2. The SMILES string of the molecule is C=C(C)[C@H]1CNC(=O)[C@H]1CC(=O)OCC. The Hall–Kier alpha value is -1.32. The van der Waals surface area contributed by atoms with Crippen molar-refractivity contribution in [3.63, 3.8) is 0 Å². The van der Waals surface area contributed by atoms with Crippen LogP contribution in [-0.2, 0) is 14.3 Å². The number of esters is 1. The molecule has 15 heavy (non-hydrogen) atoms. The molecule has 0 bridgehead atoms. The Kier molecular flexibility index (Phi) is 3.88. The van der Waals surface area contributed by atoms with Crippen LogP contribution in [-0.4, -0.2) is 25.0 Å². The van der Waals surface area contributed by atoms with E-state index in [4.69, 9.17) is 4.74 Å². The Bertz CT molecular complexity index is 286. The van der Waals surface area contributed by atoms with Crippen LogP contribution in [0.1, 0.15) is 20.3 Å². The van der Waals surface area contributed by atoms with E-state index in [1.807, 2.05) is 6.92 Å². The smallest absolute Gasteiger partial charge is 0.306 e. The van der Waals surface area contributed by atoms with Gasteiger partial charge in [0.15, 0.2) is 0 Å². The Balaban J connectivity index is 2.60. The number of rotatable bonds is 4. The Morgan fingerprint density at radius 1 is 1.67 bits per heavy atom. The highest BCUT2D eigenvalue weighted by Crippen LogP contribution is 2.27. The molecule has 1 aliphatic rings. The van der Waals surface area contributed by atoms with E-state index >= 15 is 0 Å². The zero-order valence-corrected chi connectivity index (χ0v) is 9.21. The molecule has 0 saturated carbocycles. The molecule has 2 atom stereocenters. The van der Waals surface area contributed by atoms with Crippen LogP contribution in [0.25, 0.3) is 0 Å². The summed E-state index contributed by atoms with van der Waals surface area (Å²) in [6.07, 6.45) is 0.150. The van der Waals surface area contributed by atoms with Gasteiger partial charge >= 0.3 is 5.97 Å². The van der Waals surface area contributed by atoms with Crippen molar-refractivity contribution in [3.05, 3.63) is 12.2 Å². The molecule has 1 rings (SSSR count). The molecule has 1 fully saturated rings. The predicted octanol–water partition coefficient (Wildman–Crippen LogP) is 0.878. The number of nitrogens with one attached hydrogen (secondary N) is 1. The minimum Gasteiger partial charge on any atom is -0.466 e. The van der Waals surface area contributed by atoms with Crippen LogP contribution in [0.5, 0.6) is 0 Å². The third-order valence-corrected chi connectivity index (χ3v) is 2.64. The quantitative estimate of drug-likeness (QED) is 0.554. The minimum atomic E-state index is -0.314. The fourth-order valence-electron chi connectivity index (χ4n) is 1.82. The van der Waals surface area contributed by atoms with Crippen molar-refractivity contribution in [2.45, 2.75) is 20.3 Å². The first kappa shape index (κ1) is 11.8. The van der Waals surface area contributed by atoms with Gasteiger partial charge in [0, 0.05) is 12.5 Å². The van der Waals surface area contributed by atoms with Gasteiger partial charge in [0.05, 0.1) is 18.9 Å². The van der Waals surface area contributed by atoms with E-state index in [1.165, 1.54) is 0 Å². The number of hydrogen-bond acceptors (Lipinski definition) is 3. The summed E-state index contributed by atoms with van der Waals surface area (Å²) in [5, 5.41) is 2.74. The highest BCUT2D eigenvalue weighted by atomic mass is 16.5. The maximum Gasteiger partial charge on any atom is 0.306 e. The molecule has 0 unspecified atom stereocenters. The summed E-state index contributed by atoms with van der Waals surface area (Å²) in [5.41, 5.74) is 0.933. The molecular formula is C11H17NO3. The second kappa shape index (κ2) is 4.96. The monoisotopic (exact) mass is 211 g/mol. The first-order valence-corrected chi connectivity index (χ1v) is 5.15. The van der Waals surface area contributed by atoms with E-state index in [1.54, 1.807) is 6.92 Å². The van der Waals surface area contributed by atoms with Gasteiger partial charge in [-0.25, -0.2) is 0 Å². The van der Waals surface area contributed by atoms with Crippen LogP contribution >= 0.6 is 0 Å². The lowest BCUT2D eigenvalue weighted by molar-refractivity contribution is -0.146. The highest BCUT2D eigenvalue weighted by molar-refractivity contribution is 5.86. The lowest BCUT2D eigenvalue weighted by Crippen LogP contribution is -2.23. The van der Waals surface area contributed by atoms with E-state index in [9.17, 15) is 9.59 Å². The summed E-state index contributed by atoms with van der Waals surface area (Å²) in [7, 11) is 0. The molecule has 0 spiro atoms. The molecule has 1 heterocycles.